The van der Waals surface area contributed by atoms with E-state index in [4.69, 9.17) is 16.3 Å². The molecule has 31 heavy (non-hydrogen) atoms. The number of halogens is 1. The fraction of sp³-hybridized carbons (Fsp3) is 0.160. The summed E-state index contributed by atoms with van der Waals surface area (Å²) in [6.07, 6.45) is 1.52. The summed E-state index contributed by atoms with van der Waals surface area (Å²) < 4.78 is 5.33. The Bertz CT molecular complexity index is 1100. The first-order chi connectivity index (χ1) is 14.7. The van der Waals surface area contributed by atoms with E-state index in [0.29, 0.717) is 21.9 Å². The van der Waals surface area contributed by atoms with Crippen molar-refractivity contribution in [3.05, 3.63) is 100 Å². The van der Waals surface area contributed by atoms with Gasteiger partial charge < -0.3 is 4.74 Å². The maximum atomic E-state index is 12.2. The fourth-order valence-electron chi connectivity index (χ4n) is 2.75. The number of hydrazone groups is 1. The van der Waals surface area contributed by atoms with Crippen LogP contribution in [-0.2, 0) is 5.41 Å². The molecular weight excluding hydrogens is 412 g/mol. The van der Waals surface area contributed by atoms with Crippen LogP contribution in [0.2, 0.25) is 5.02 Å². The lowest BCUT2D eigenvalue weighted by Crippen LogP contribution is -2.18. The molecule has 0 saturated carbocycles. The van der Waals surface area contributed by atoms with Crippen LogP contribution in [0.15, 0.2) is 77.9 Å². The molecule has 158 valence electrons. The van der Waals surface area contributed by atoms with Gasteiger partial charge in [-0.1, -0.05) is 50.6 Å². The van der Waals surface area contributed by atoms with Gasteiger partial charge >= 0.3 is 5.97 Å². The van der Waals surface area contributed by atoms with Gasteiger partial charge in [-0.15, -0.1) is 0 Å². The quantitative estimate of drug-likeness (QED) is 0.245. The number of carbonyl (C=O) groups is 2. The van der Waals surface area contributed by atoms with Crippen molar-refractivity contribution in [1.82, 2.24) is 5.43 Å². The first kappa shape index (κ1) is 22.2. The highest BCUT2D eigenvalue weighted by Gasteiger charge is 2.14. The molecule has 0 aliphatic rings. The van der Waals surface area contributed by atoms with E-state index in [1.807, 2.05) is 12.1 Å². The van der Waals surface area contributed by atoms with Crippen molar-refractivity contribution in [2.45, 2.75) is 26.2 Å². The van der Waals surface area contributed by atoms with Crippen LogP contribution in [0.3, 0.4) is 0 Å². The number of esters is 1. The van der Waals surface area contributed by atoms with E-state index < -0.39 is 5.97 Å². The van der Waals surface area contributed by atoms with Crippen LogP contribution >= 0.6 is 11.6 Å². The minimum Gasteiger partial charge on any atom is -0.423 e. The van der Waals surface area contributed by atoms with Crippen molar-refractivity contribution in [2.24, 2.45) is 5.10 Å². The summed E-state index contributed by atoms with van der Waals surface area (Å²) in [5.41, 5.74) is 5.35. The first-order valence-corrected chi connectivity index (χ1v) is 10.1. The van der Waals surface area contributed by atoms with Crippen molar-refractivity contribution in [1.29, 1.82) is 0 Å². The number of hydrogen-bond donors (Lipinski definition) is 1. The summed E-state index contributed by atoms with van der Waals surface area (Å²) in [5.74, 6) is -0.387. The Kier molecular flexibility index (Phi) is 6.88. The van der Waals surface area contributed by atoms with Crippen LogP contribution in [0.5, 0.6) is 5.75 Å². The average molecular weight is 435 g/mol. The Morgan fingerprint density at radius 3 is 2.23 bits per heavy atom. The first-order valence-electron chi connectivity index (χ1n) is 9.74. The molecule has 0 heterocycles. The second kappa shape index (κ2) is 9.58. The average Bonchev–Trinajstić information content (AvgIpc) is 2.74. The van der Waals surface area contributed by atoms with Crippen molar-refractivity contribution >= 4 is 29.7 Å². The minimum absolute atomic E-state index is 0.0296. The molecule has 0 fully saturated rings. The molecule has 0 spiro atoms. The molecular formula is C25H23ClN2O3. The second-order valence-corrected chi connectivity index (χ2v) is 8.43. The van der Waals surface area contributed by atoms with E-state index in [2.05, 4.69) is 31.3 Å². The molecule has 0 bridgehead atoms. The highest BCUT2D eigenvalue weighted by atomic mass is 35.5. The molecule has 0 saturated heterocycles. The predicted octanol–water partition coefficient (Wildman–Crippen LogP) is 5.62. The molecule has 3 aromatic carbocycles. The molecule has 0 aliphatic heterocycles. The number of hydrogen-bond acceptors (Lipinski definition) is 4. The molecule has 3 aromatic rings. The van der Waals surface area contributed by atoms with Gasteiger partial charge in [0, 0.05) is 10.6 Å². The van der Waals surface area contributed by atoms with E-state index in [9.17, 15) is 9.59 Å². The lowest BCUT2D eigenvalue weighted by Gasteiger charge is -2.18. The summed E-state index contributed by atoms with van der Waals surface area (Å²) in [4.78, 5) is 24.4. The molecule has 0 aromatic heterocycles. The molecule has 0 aliphatic carbocycles. The van der Waals surface area contributed by atoms with Crippen LogP contribution in [0.4, 0.5) is 0 Å². The molecule has 1 N–H and O–H groups in total. The van der Waals surface area contributed by atoms with E-state index in [1.54, 1.807) is 60.7 Å². The number of nitrogens with one attached hydrogen (secondary N) is 1. The Morgan fingerprint density at radius 1 is 0.935 bits per heavy atom. The van der Waals surface area contributed by atoms with Gasteiger partial charge in [0.15, 0.2) is 0 Å². The largest absolute Gasteiger partial charge is 0.423 e. The van der Waals surface area contributed by atoms with Gasteiger partial charge in [0.05, 0.1) is 11.8 Å². The van der Waals surface area contributed by atoms with Crippen LogP contribution in [0.1, 0.15) is 52.6 Å². The smallest absolute Gasteiger partial charge is 0.343 e. The van der Waals surface area contributed by atoms with Crippen molar-refractivity contribution < 1.29 is 14.3 Å². The molecule has 0 unspecified atom stereocenters. The summed E-state index contributed by atoms with van der Waals surface area (Å²) in [6, 6.07) is 20.8. The maximum Gasteiger partial charge on any atom is 0.343 e. The summed E-state index contributed by atoms with van der Waals surface area (Å²) in [5, 5.41) is 4.46. The zero-order valence-electron chi connectivity index (χ0n) is 17.6. The lowest BCUT2D eigenvalue weighted by molar-refractivity contribution is 0.0734. The number of benzene rings is 3. The zero-order valence-corrected chi connectivity index (χ0v) is 18.3. The summed E-state index contributed by atoms with van der Waals surface area (Å²) in [7, 11) is 0. The van der Waals surface area contributed by atoms with Gasteiger partial charge in [-0.05, 0) is 71.1 Å². The van der Waals surface area contributed by atoms with Gasteiger partial charge in [-0.25, -0.2) is 10.2 Å². The predicted molar refractivity (Wildman–Crippen MR) is 123 cm³/mol. The van der Waals surface area contributed by atoms with E-state index in [1.165, 1.54) is 6.21 Å². The van der Waals surface area contributed by atoms with Crippen LogP contribution in [0.25, 0.3) is 0 Å². The molecule has 6 heteroatoms. The highest BCUT2D eigenvalue weighted by Crippen LogP contribution is 2.22. The zero-order chi connectivity index (χ0) is 22.4. The topological polar surface area (TPSA) is 67.8 Å². The number of rotatable bonds is 5. The highest BCUT2D eigenvalue weighted by molar-refractivity contribution is 6.30. The minimum atomic E-state index is -0.492. The van der Waals surface area contributed by atoms with Crippen molar-refractivity contribution in [2.75, 3.05) is 0 Å². The number of carbonyl (C=O) groups excluding carboxylic acids is 2. The van der Waals surface area contributed by atoms with E-state index >= 15 is 0 Å². The second-order valence-electron chi connectivity index (χ2n) is 8.00. The fourth-order valence-corrected chi connectivity index (χ4v) is 2.95. The molecule has 1 amide bonds. The lowest BCUT2D eigenvalue weighted by atomic mass is 9.87. The van der Waals surface area contributed by atoms with Gasteiger partial charge in [0.25, 0.3) is 5.91 Å². The maximum absolute atomic E-state index is 12.2. The third kappa shape index (κ3) is 6.27. The van der Waals surface area contributed by atoms with Gasteiger partial charge in [-0.2, -0.15) is 5.10 Å². The normalized spacial score (nSPS) is 11.4. The van der Waals surface area contributed by atoms with Crippen molar-refractivity contribution in [3.8, 4) is 5.75 Å². The number of ether oxygens (including phenoxy) is 1. The molecule has 0 radical (unpaired) electrons. The molecule has 3 rings (SSSR count). The summed E-state index contributed by atoms with van der Waals surface area (Å²) in [6.45, 7) is 6.36. The van der Waals surface area contributed by atoms with E-state index in [0.717, 1.165) is 11.1 Å². The van der Waals surface area contributed by atoms with Crippen LogP contribution in [-0.4, -0.2) is 18.1 Å². The monoisotopic (exact) mass is 434 g/mol. The van der Waals surface area contributed by atoms with Gasteiger partial charge in [0.1, 0.15) is 5.75 Å². The Hall–Kier alpha value is -3.44. The SMILES string of the molecule is CC(C)(C)c1ccc(C(=O)N/N=C\c2ccc(OC(=O)c3cccc(Cl)c3)cc2)cc1. The number of nitrogens with zero attached hydrogens (tertiary/aromatic N) is 1. The third-order valence-electron chi connectivity index (χ3n) is 4.54. The molecule has 0 atom stereocenters. The van der Waals surface area contributed by atoms with Gasteiger partial charge in [-0.3, -0.25) is 4.79 Å². The number of amides is 1. The summed E-state index contributed by atoms with van der Waals surface area (Å²) >= 11 is 5.90. The Labute approximate surface area is 186 Å². The van der Waals surface area contributed by atoms with Crippen LogP contribution < -0.4 is 10.2 Å². The van der Waals surface area contributed by atoms with E-state index in [-0.39, 0.29) is 11.3 Å². The Balaban J connectivity index is 1.55. The third-order valence-corrected chi connectivity index (χ3v) is 4.78. The van der Waals surface area contributed by atoms with Gasteiger partial charge in [0.2, 0.25) is 0 Å². The molecule has 5 nitrogen and oxygen atoms in total. The standard InChI is InChI=1S/C25H23ClN2O3/c1-25(2,3)20-11-9-18(10-12-20)23(29)28-27-16-17-7-13-22(14-8-17)31-24(30)19-5-4-6-21(26)15-19/h4-16H,1-3H3,(H,28,29)/b27-16-. The van der Waals surface area contributed by atoms with Crippen LogP contribution in [0, 0.1) is 0 Å². The Morgan fingerprint density at radius 2 is 1.61 bits per heavy atom. The van der Waals surface area contributed by atoms with Crippen molar-refractivity contribution in [3.63, 3.8) is 0 Å².